The fourth-order valence-corrected chi connectivity index (χ4v) is 3.71. The number of nitrogens with one attached hydrogen (secondary N) is 1. The Morgan fingerprint density at radius 2 is 1.93 bits per heavy atom. The van der Waals surface area contributed by atoms with Crippen molar-refractivity contribution in [3.8, 4) is 11.3 Å². The molecule has 3 aromatic rings. The Balaban J connectivity index is 1.45. The van der Waals surface area contributed by atoms with Crippen LogP contribution in [0.3, 0.4) is 0 Å². The largest absolute Gasteiger partial charge is 0.388 e. The van der Waals surface area contributed by atoms with Crippen LogP contribution in [0, 0.1) is 5.82 Å². The average Bonchev–Trinajstić information content (AvgIpc) is 3.08. The number of hydrogen-bond acceptors (Lipinski definition) is 3. The Hall–Kier alpha value is -2.99. The molecule has 1 aliphatic carbocycles. The Kier molecular flexibility index (Phi) is 4.73. The summed E-state index contributed by atoms with van der Waals surface area (Å²) in [7, 11) is 1.69. The molecule has 0 spiro atoms. The van der Waals surface area contributed by atoms with Crippen molar-refractivity contribution >= 4 is 5.91 Å². The molecule has 0 saturated carbocycles. The van der Waals surface area contributed by atoms with E-state index >= 15 is 0 Å². The van der Waals surface area contributed by atoms with Crippen LogP contribution in [0.15, 0.2) is 54.6 Å². The van der Waals surface area contributed by atoms with Crippen LogP contribution in [0.4, 0.5) is 4.39 Å². The molecular weight excluding hydrogens is 357 g/mol. The van der Waals surface area contributed by atoms with Crippen molar-refractivity contribution in [2.75, 3.05) is 6.54 Å². The molecule has 0 aliphatic heterocycles. The van der Waals surface area contributed by atoms with Crippen molar-refractivity contribution in [2.24, 2.45) is 7.05 Å². The Bertz CT molecular complexity index is 1010. The van der Waals surface area contributed by atoms with Gasteiger partial charge in [-0.25, -0.2) is 4.39 Å². The van der Waals surface area contributed by atoms with E-state index in [1.807, 2.05) is 18.2 Å². The molecular formula is C22H22FN3O2. The quantitative estimate of drug-likeness (QED) is 0.733. The van der Waals surface area contributed by atoms with Crippen molar-refractivity contribution in [1.82, 2.24) is 15.1 Å². The van der Waals surface area contributed by atoms with Crippen LogP contribution >= 0.6 is 0 Å². The Morgan fingerprint density at radius 3 is 2.68 bits per heavy atom. The van der Waals surface area contributed by atoms with Gasteiger partial charge in [0.25, 0.3) is 5.91 Å². The minimum absolute atomic E-state index is 0.178. The molecule has 0 radical (unpaired) electrons. The SMILES string of the molecule is Cn1nc(-c2ccc(F)cc2)cc1C(=O)NCC1(O)CCc2ccccc2C1. The van der Waals surface area contributed by atoms with Gasteiger partial charge in [-0.2, -0.15) is 5.10 Å². The van der Waals surface area contributed by atoms with Gasteiger partial charge in [-0.05, 0) is 54.3 Å². The number of benzene rings is 2. The summed E-state index contributed by atoms with van der Waals surface area (Å²) < 4.78 is 14.6. The second-order valence-electron chi connectivity index (χ2n) is 7.40. The number of hydrogen-bond donors (Lipinski definition) is 2. The minimum atomic E-state index is -0.956. The maximum absolute atomic E-state index is 13.1. The van der Waals surface area contributed by atoms with Crippen LogP contribution in [0.1, 0.15) is 28.0 Å². The lowest BCUT2D eigenvalue weighted by Gasteiger charge is -2.33. The van der Waals surface area contributed by atoms with Crippen molar-refractivity contribution in [3.63, 3.8) is 0 Å². The highest BCUT2D eigenvalue weighted by atomic mass is 19.1. The molecule has 1 amide bonds. The third kappa shape index (κ3) is 3.68. The molecule has 1 aromatic heterocycles. The lowest BCUT2D eigenvalue weighted by Crippen LogP contribution is -2.47. The zero-order chi connectivity index (χ0) is 19.7. The number of amides is 1. The van der Waals surface area contributed by atoms with Crippen molar-refractivity contribution in [3.05, 3.63) is 77.2 Å². The maximum Gasteiger partial charge on any atom is 0.269 e. The van der Waals surface area contributed by atoms with Gasteiger partial charge >= 0.3 is 0 Å². The molecule has 1 atom stereocenters. The second kappa shape index (κ2) is 7.20. The zero-order valence-electron chi connectivity index (χ0n) is 15.7. The van der Waals surface area contributed by atoms with Crippen LogP contribution in [0.25, 0.3) is 11.3 Å². The first-order valence-electron chi connectivity index (χ1n) is 9.31. The van der Waals surface area contributed by atoms with Crippen LogP contribution in [0.2, 0.25) is 0 Å². The highest BCUT2D eigenvalue weighted by molar-refractivity contribution is 5.93. The van der Waals surface area contributed by atoms with Crippen LogP contribution in [-0.4, -0.2) is 32.9 Å². The van der Waals surface area contributed by atoms with Gasteiger partial charge in [0.2, 0.25) is 0 Å². The summed E-state index contributed by atoms with van der Waals surface area (Å²) in [5.41, 5.74) is 3.15. The van der Waals surface area contributed by atoms with E-state index in [9.17, 15) is 14.3 Å². The first-order chi connectivity index (χ1) is 13.4. The van der Waals surface area contributed by atoms with Gasteiger partial charge in [-0.3, -0.25) is 9.48 Å². The van der Waals surface area contributed by atoms with Gasteiger partial charge in [0.05, 0.1) is 11.3 Å². The van der Waals surface area contributed by atoms with E-state index < -0.39 is 5.60 Å². The van der Waals surface area contributed by atoms with Gasteiger partial charge in [0, 0.05) is 25.6 Å². The molecule has 0 bridgehead atoms. The number of halogens is 1. The number of carbonyl (C=O) groups is 1. The molecule has 1 unspecified atom stereocenters. The normalized spacial score (nSPS) is 18.5. The van der Waals surface area contributed by atoms with Crippen LogP contribution in [0.5, 0.6) is 0 Å². The van der Waals surface area contributed by atoms with Crippen molar-refractivity contribution in [2.45, 2.75) is 24.9 Å². The van der Waals surface area contributed by atoms with E-state index in [0.717, 1.165) is 17.5 Å². The number of carbonyl (C=O) groups excluding carboxylic acids is 1. The molecule has 5 nitrogen and oxygen atoms in total. The summed E-state index contributed by atoms with van der Waals surface area (Å²) in [5.74, 6) is -0.615. The fourth-order valence-electron chi connectivity index (χ4n) is 3.71. The molecule has 6 heteroatoms. The van der Waals surface area contributed by atoms with Gasteiger partial charge in [-0.1, -0.05) is 24.3 Å². The van der Waals surface area contributed by atoms with Gasteiger partial charge in [0.15, 0.2) is 0 Å². The summed E-state index contributed by atoms with van der Waals surface area (Å²) in [6.45, 7) is 0.178. The molecule has 2 N–H and O–H groups in total. The third-order valence-corrected chi connectivity index (χ3v) is 5.33. The van der Waals surface area contributed by atoms with E-state index in [1.54, 1.807) is 25.2 Å². The smallest absolute Gasteiger partial charge is 0.269 e. The van der Waals surface area contributed by atoms with Gasteiger partial charge in [-0.15, -0.1) is 0 Å². The highest BCUT2D eigenvalue weighted by Gasteiger charge is 2.32. The molecule has 0 saturated heterocycles. The molecule has 1 heterocycles. The summed E-state index contributed by atoms with van der Waals surface area (Å²) >= 11 is 0. The van der Waals surface area contributed by atoms with Crippen LogP contribution in [-0.2, 0) is 19.9 Å². The highest BCUT2D eigenvalue weighted by Crippen LogP contribution is 2.28. The van der Waals surface area contributed by atoms with E-state index in [1.165, 1.54) is 22.4 Å². The average molecular weight is 379 g/mol. The molecule has 4 rings (SSSR count). The lowest BCUT2D eigenvalue weighted by molar-refractivity contribution is 0.0258. The first kappa shape index (κ1) is 18.4. The number of aromatic nitrogens is 2. The maximum atomic E-state index is 13.1. The van der Waals surface area contributed by atoms with E-state index in [2.05, 4.69) is 16.5 Å². The molecule has 144 valence electrons. The number of rotatable bonds is 4. The zero-order valence-corrected chi connectivity index (χ0v) is 15.7. The first-order valence-corrected chi connectivity index (χ1v) is 9.31. The number of aliphatic hydroxyl groups is 1. The van der Waals surface area contributed by atoms with Crippen LogP contribution < -0.4 is 5.32 Å². The Morgan fingerprint density at radius 1 is 1.21 bits per heavy atom. The predicted molar refractivity (Wildman–Crippen MR) is 104 cm³/mol. The minimum Gasteiger partial charge on any atom is -0.388 e. The monoisotopic (exact) mass is 379 g/mol. The number of fused-ring (bicyclic) bond motifs is 1. The second-order valence-corrected chi connectivity index (χ2v) is 7.40. The number of aryl methyl sites for hydroxylation is 2. The predicted octanol–water partition coefficient (Wildman–Crippen LogP) is 2.88. The lowest BCUT2D eigenvalue weighted by atomic mass is 9.80. The summed E-state index contributed by atoms with van der Waals surface area (Å²) in [6, 6.07) is 15.7. The standard InChI is InChI=1S/C22H22FN3O2/c1-26-20(12-19(25-26)16-6-8-18(23)9-7-16)21(27)24-14-22(28)11-10-15-4-2-3-5-17(15)13-22/h2-9,12,28H,10-11,13-14H2,1H3,(H,24,27). The summed E-state index contributed by atoms with van der Waals surface area (Å²) in [5, 5.41) is 18.1. The summed E-state index contributed by atoms with van der Waals surface area (Å²) in [4.78, 5) is 12.7. The van der Waals surface area contributed by atoms with E-state index in [0.29, 0.717) is 24.2 Å². The Labute approximate surface area is 162 Å². The van der Waals surface area contributed by atoms with E-state index in [4.69, 9.17) is 0 Å². The van der Waals surface area contributed by atoms with Gasteiger partial charge in [0.1, 0.15) is 11.5 Å². The van der Waals surface area contributed by atoms with E-state index in [-0.39, 0.29) is 18.3 Å². The summed E-state index contributed by atoms with van der Waals surface area (Å²) in [6.07, 6.45) is 1.93. The number of nitrogens with zero attached hydrogens (tertiary/aromatic N) is 2. The molecule has 1 aliphatic rings. The van der Waals surface area contributed by atoms with Crippen molar-refractivity contribution in [1.29, 1.82) is 0 Å². The third-order valence-electron chi connectivity index (χ3n) is 5.33. The van der Waals surface area contributed by atoms with Gasteiger partial charge < -0.3 is 10.4 Å². The fraction of sp³-hybridized carbons (Fsp3) is 0.273. The molecule has 0 fully saturated rings. The van der Waals surface area contributed by atoms with Crippen molar-refractivity contribution < 1.29 is 14.3 Å². The molecule has 28 heavy (non-hydrogen) atoms. The topological polar surface area (TPSA) is 67.2 Å². The molecule has 2 aromatic carbocycles.